The minimum absolute atomic E-state index is 0.139. The van der Waals surface area contributed by atoms with Crippen LogP contribution in [0.4, 0.5) is 0 Å². The average Bonchev–Trinajstić information content (AvgIpc) is 2.73. The van der Waals surface area contributed by atoms with Crippen molar-refractivity contribution in [3.05, 3.63) is 0 Å². The van der Waals surface area contributed by atoms with Gasteiger partial charge in [0.25, 0.3) is 0 Å². The molecule has 0 aliphatic carbocycles. The highest BCUT2D eigenvalue weighted by molar-refractivity contribution is 5.70. The van der Waals surface area contributed by atoms with Crippen LogP contribution in [0.15, 0.2) is 0 Å². The molecule has 4 atom stereocenters. The van der Waals surface area contributed by atoms with E-state index in [9.17, 15) is 9.59 Å². The van der Waals surface area contributed by atoms with Crippen LogP contribution in [0.5, 0.6) is 0 Å². The molecule has 0 aromatic carbocycles. The van der Waals surface area contributed by atoms with Crippen LogP contribution in [0.1, 0.15) is 131 Å². The number of carbonyl (C=O) groups excluding carboxylic acids is 2. The predicted octanol–water partition coefficient (Wildman–Crippen LogP) is 7.08. The van der Waals surface area contributed by atoms with E-state index in [0.29, 0.717) is 12.8 Å². The Morgan fingerprint density at radius 3 is 1.25 bits per heavy atom. The first-order valence-corrected chi connectivity index (χ1v) is 13.1. The van der Waals surface area contributed by atoms with E-state index in [1.165, 1.54) is 0 Å². The molecule has 0 amide bonds. The fourth-order valence-electron chi connectivity index (χ4n) is 3.69. The number of esters is 2. The van der Waals surface area contributed by atoms with E-state index in [-0.39, 0.29) is 37.0 Å². The number of hydrogen-bond acceptors (Lipinski definition) is 6. The molecule has 0 aromatic rings. The molecule has 0 aliphatic rings. The lowest BCUT2D eigenvalue weighted by atomic mass is 10.1. The van der Waals surface area contributed by atoms with Crippen LogP contribution in [-0.2, 0) is 28.5 Å². The number of unbranched alkanes of at least 4 members (excludes halogenated alkanes) is 3. The van der Waals surface area contributed by atoms with Gasteiger partial charge in [0.1, 0.15) is 0 Å². The SMILES string of the molecule is CCCCC(CCC)OC(C)OC(=O)CCCCC(=O)OC(C)OC(CCC)CCCC. The Labute approximate surface area is 197 Å². The second-order valence-electron chi connectivity index (χ2n) is 8.70. The summed E-state index contributed by atoms with van der Waals surface area (Å²) < 4.78 is 22.5. The Bertz CT molecular complexity index is 425. The molecule has 6 nitrogen and oxygen atoms in total. The third-order valence-electron chi connectivity index (χ3n) is 5.36. The van der Waals surface area contributed by atoms with Crippen molar-refractivity contribution >= 4 is 11.9 Å². The van der Waals surface area contributed by atoms with Crippen molar-refractivity contribution in [2.75, 3.05) is 0 Å². The molecule has 0 saturated heterocycles. The molecule has 190 valence electrons. The fourth-order valence-corrected chi connectivity index (χ4v) is 3.69. The van der Waals surface area contributed by atoms with Crippen molar-refractivity contribution in [3.63, 3.8) is 0 Å². The molecule has 0 bridgehead atoms. The third-order valence-corrected chi connectivity index (χ3v) is 5.36. The average molecular weight is 459 g/mol. The molecule has 0 N–H and O–H groups in total. The van der Waals surface area contributed by atoms with E-state index in [1.54, 1.807) is 13.8 Å². The first kappa shape index (κ1) is 30.9. The standard InChI is InChI=1S/C26H50O6/c1-7-11-17-23(15-9-3)29-21(5)31-25(27)19-13-14-20-26(28)32-22(6)30-24(16-10-4)18-12-8-2/h21-24H,7-20H2,1-6H3. The number of hydrogen-bond donors (Lipinski definition) is 0. The normalized spacial score (nSPS) is 15.1. The van der Waals surface area contributed by atoms with Gasteiger partial charge >= 0.3 is 11.9 Å². The van der Waals surface area contributed by atoms with Gasteiger partial charge in [-0.15, -0.1) is 0 Å². The van der Waals surface area contributed by atoms with E-state index in [0.717, 1.165) is 64.2 Å². The second-order valence-corrected chi connectivity index (χ2v) is 8.70. The van der Waals surface area contributed by atoms with Gasteiger partial charge in [-0.2, -0.15) is 0 Å². The molecule has 32 heavy (non-hydrogen) atoms. The minimum atomic E-state index is -0.539. The van der Waals surface area contributed by atoms with Crippen LogP contribution in [0.3, 0.4) is 0 Å². The first-order chi connectivity index (χ1) is 15.4. The highest BCUT2D eigenvalue weighted by atomic mass is 16.7. The Morgan fingerprint density at radius 2 is 0.938 bits per heavy atom. The molecule has 0 aromatic heterocycles. The number of carbonyl (C=O) groups is 2. The molecule has 0 spiro atoms. The topological polar surface area (TPSA) is 71.1 Å². The van der Waals surface area contributed by atoms with Crippen molar-refractivity contribution < 1.29 is 28.5 Å². The van der Waals surface area contributed by atoms with E-state index in [1.807, 2.05) is 0 Å². The van der Waals surface area contributed by atoms with E-state index in [2.05, 4.69) is 27.7 Å². The fraction of sp³-hybridized carbons (Fsp3) is 0.923. The quantitative estimate of drug-likeness (QED) is 0.104. The molecular formula is C26H50O6. The van der Waals surface area contributed by atoms with Crippen LogP contribution >= 0.6 is 0 Å². The van der Waals surface area contributed by atoms with Crippen LogP contribution in [0, 0.1) is 0 Å². The van der Waals surface area contributed by atoms with Crippen LogP contribution in [0.2, 0.25) is 0 Å². The van der Waals surface area contributed by atoms with E-state index < -0.39 is 12.6 Å². The Morgan fingerprint density at radius 1 is 0.562 bits per heavy atom. The molecule has 0 radical (unpaired) electrons. The summed E-state index contributed by atoms with van der Waals surface area (Å²) in [5.41, 5.74) is 0. The van der Waals surface area contributed by atoms with Gasteiger partial charge in [-0.25, -0.2) is 0 Å². The summed E-state index contributed by atoms with van der Waals surface area (Å²) >= 11 is 0. The van der Waals surface area contributed by atoms with Gasteiger partial charge in [-0.1, -0.05) is 66.2 Å². The molecule has 6 heteroatoms. The molecule has 4 unspecified atom stereocenters. The van der Waals surface area contributed by atoms with Crippen molar-refractivity contribution in [3.8, 4) is 0 Å². The minimum Gasteiger partial charge on any atom is -0.436 e. The van der Waals surface area contributed by atoms with Crippen molar-refractivity contribution in [2.24, 2.45) is 0 Å². The molecule has 0 heterocycles. The lowest BCUT2D eigenvalue weighted by Gasteiger charge is -2.22. The first-order valence-electron chi connectivity index (χ1n) is 13.1. The monoisotopic (exact) mass is 458 g/mol. The predicted molar refractivity (Wildman–Crippen MR) is 128 cm³/mol. The van der Waals surface area contributed by atoms with Crippen LogP contribution < -0.4 is 0 Å². The zero-order chi connectivity index (χ0) is 24.2. The molecule has 0 saturated carbocycles. The highest BCUT2D eigenvalue weighted by Crippen LogP contribution is 2.16. The van der Waals surface area contributed by atoms with Crippen molar-refractivity contribution in [1.29, 1.82) is 0 Å². The van der Waals surface area contributed by atoms with Crippen molar-refractivity contribution in [2.45, 2.75) is 156 Å². The summed E-state index contributed by atoms with van der Waals surface area (Å²) in [6, 6.07) is 0. The van der Waals surface area contributed by atoms with Crippen LogP contribution in [0.25, 0.3) is 0 Å². The molecule has 0 fully saturated rings. The zero-order valence-corrected chi connectivity index (χ0v) is 21.7. The maximum atomic E-state index is 12.1. The van der Waals surface area contributed by atoms with Crippen LogP contribution in [-0.4, -0.2) is 36.7 Å². The lowest BCUT2D eigenvalue weighted by Crippen LogP contribution is -2.25. The largest absolute Gasteiger partial charge is 0.436 e. The number of ether oxygens (including phenoxy) is 4. The summed E-state index contributed by atoms with van der Waals surface area (Å²) in [4.78, 5) is 24.1. The summed E-state index contributed by atoms with van der Waals surface area (Å²) in [5.74, 6) is -0.571. The smallest absolute Gasteiger partial charge is 0.308 e. The highest BCUT2D eigenvalue weighted by Gasteiger charge is 2.17. The van der Waals surface area contributed by atoms with Gasteiger partial charge in [0.2, 0.25) is 0 Å². The Hall–Kier alpha value is -1.14. The summed E-state index contributed by atoms with van der Waals surface area (Å²) in [5, 5.41) is 0. The van der Waals surface area contributed by atoms with Gasteiger partial charge in [0, 0.05) is 12.8 Å². The van der Waals surface area contributed by atoms with Gasteiger partial charge in [0.15, 0.2) is 12.6 Å². The Balaban J connectivity index is 4.06. The van der Waals surface area contributed by atoms with E-state index >= 15 is 0 Å². The lowest BCUT2D eigenvalue weighted by molar-refractivity contribution is -0.188. The number of rotatable bonds is 21. The second kappa shape index (κ2) is 20.5. The Kier molecular flexibility index (Phi) is 19.7. The summed E-state index contributed by atoms with van der Waals surface area (Å²) in [6.45, 7) is 12.1. The molecule has 0 aliphatic heterocycles. The third kappa shape index (κ3) is 17.4. The van der Waals surface area contributed by atoms with E-state index in [4.69, 9.17) is 18.9 Å². The molecule has 0 rings (SSSR count). The summed E-state index contributed by atoms with van der Waals surface area (Å²) in [6.07, 6.45) is 11.4. The van der Waals surface area contributed by atoms with Gasteiger partial charge in [0.05, 0.1) is 12.2 Å². The van der Waals surface area contributed by atoms with Gasteiger partial charge < -0.3 is 18.9 Å². The maximum absolute atomic E-state index is 12.1. The van der Waals surface area contributed by atoms with Gasteiger partial charge in [-0.05, 0) is 52.4 Å². The van der Waals surface area contributed by atoms with Gasteiger partial charge in [-0.3, -0.25) is 9.59 Å². The molecular weight excluding hydrogens is 408 g/mol. The maximum Gasteiger partial charge on any atom is 0.308 e. The summed E-state index contributed by atoms with van der Waals surface area (Å²) in [7, 11) is 0. The zero-order valence-electron chi connectivity index (χ0n) is 21.7. The van der Waals surface area contributed by atoms with Crippen molar-refractivity contribution in [1.82, 2.24) is 0 Å².